The normalized spacial score (nSPS) is 13.0. The number of amides is 1. The first-order valence-corrected chi connectivity index (χ1v) is 7.50. The van der Waals surface area contributed by atoms with Crippen LogP contribution in [0.4, 0.5) is 5.13 Å². The minimum Gasteiger partial charge on any atom is -0.374 e. The Bertz CT molecular complexity index is 610. The first-order chi connectivity index (χ1) is 9.95. The molecular weight excluding hydrogens is 286 g/mol. The molecule has 1 amide bonds. The Hall–Kier alpha value is -1.79. The van der Waals surface area contributed by atoms with Crippen LogP contribution in [0.15, 0.2) is 30.3 Å². The summed E-state index contributed by atoms with van der Waals surface area (Å²) in [6.45, 7) is 5.66. The van der Waals surface area contributed by atoms with Crippen molar-refractivity contribution >= 4 is 22.4 Å². The molecule has 0 saturated carbocycles. The highest BCUT2D eigenvalue weighted by molar-refractivity contribution is 7.15. The standard InChI is InChI=1S/C15H19N3O2S/c1-10(20-4)12-17-18-14(21-12)16-13(19)15(2,3)11-8-6-5-7-9-11/h5-10H,1-4H3,(H,16,18,19). The molecule has 1 aromatic carbocycles. The predicted octanol–water partition coefficient (Wildman–Crippen LogP) is 3.16. The number of benzene rings is 1. The highest BCUT2D eigenvalue weighted by atomic mass is 32.1. The van der Waals surface area contributed by atoms with Crippen molar-refractivity contribution in [3.63, 3.8) is 0 Å². The lowest BCUT2D eigenvalue weighted by molar-refractivity contribution is -0.120. The van der Waals surface area contributed by atoms with E-state index in [4.69, 9.17) is 4.74 Å². The minimum absolute atomic E-state index is 0.110. The second-order valence-electron chi connectivity index (χ2n) is 5.27. The number of carbonyl (C=O) groups excluding carboxylic acids is 1. The van der Waals surface area contributed by atoms with E-state index in [0.717, 1.165) is 10.6 Å². The summed E-state index contributed by atoms with van der Waals surface area (Å²) in [5, 5.41) is 12.1. The average molecular weight is 305 g/mol. The molecule has 1 unspecified atom stereocenters. The molecule has 5 nitrogen and oxygen atoms in total. The molecule has 0 radical (unpaired) electrons. The summed E-state index contributed by atoms with van der Waals surface area (Å²) < 4.78 is 5.19. The fourth-order valence-electron chi connectivity index (χ4n) is 1.79. The second kappa shape index (κ2) is 6.32. The summed E-state index contributed by atoms with van der Waals surface area (Å²) in [5.41, 5.74) is 0.317. The van der Waals surface area contributed by atoms with Crippen molar-refractivity contribution in [1.29, 1.82) is 0 Å². The SMILES string of the molecule is COC(C)c1nnc(NC(=O)C(C)(C)c2ccccc2)s1. The quantitative estimate of drug-likeness (QED) is 0.921. The van der Waals surface area contributed by atoms with Crippen LogP contribution in [0.2, 0.25) is 0 Å². The molecule has 2 aromatic rings. The molecule has 0 aliphatic carbocycles. The van der Waals surface area contributed by atoms with E-state index in [9.17, 15) is 4.79 Å². The van der Waals surface area contributed by atoms with Gasteiger partial charge in [0.15, 0.2) is 0 Å². The van der Waals surface area contributed by atoms with Crippen molar-refractivity contribution in [1.82, 2.24) is 10.2 Å². The van der Waals surface area contributed by atoms with Gasteiger partial charge in [0.25, 0.3) is 0 Å². The lowest BCUT2D eigenvalue weighted by Crippen LogP contribution is -2.34. The number of hydrogen-bond acceptors (Lipinski definition) is 5. The number of nitrogens with zero attached hydrogens (tertiary/aromatic N) is 2. The third-order valence-electron chi connectivity index (χ3n) is 3.43. The molecule has 0 saturated heterocycles. The molecule has 0 aliphatic heterocycles. The Labute approximate surface area is 128 Å². The Balaban J connectivity index is 2.12. The molecule has 21 heavy (non-hydrogen) atoms. The Morgan fingerprint density at radius 2 is 1.95 bits per heavy atom. The van der Waals surface area contributed by atoms with Crippen molar-refractivity contribution in [3.05, 3.63) is 40.9 Å². The van der Waals surface area contributed by atoms with Crippen molar-refractivity contribution in [2.75, 3.05) is 12.4 Å². The van der Waals surface area contributed by atoms with E-state index in [1.54, 1.807) is 7.11 Å². The number of anilines is 1. The third-order valence-corrected chi connectivity index (χ3v) is 4.43. The first kappa shape index (κ1) is 15.6. The maximum atomic E-state index is 12.5. The van der Waals surface area contributed by atoms with Crippen LogP contribution in [-0.4, -0.2) is 23.2 Å². The molecule has 1 heterocycles. The monoisotopic (exact) mass is 305 g/mol. The maximum Gasteiger partial charge on any atom is 0.236 e. The number of hydrogen-bond donors (Lipinski definition) is 1. The Kier molecular flexibility index (Phi) is 4.69. The fraction of sp³-hybridized carbons (Fsp3) is 0.400. The van der Waals surface area contributed by atoms with Gasteiger partial charge < -0.3 is 4.74 Å². The zero-order valence-corrected chi connectivity index (χ0v) is 13.4. The number of rotatable bonds is 5. The summed E-state index contributed by atoms with van der Waals surface area (Å²) in [6, 6.07) is 9.66. The molecule has 0 bridgehead atoms. The van der Waals surface area contributed by atoms with Gasteiger partial charge in [0.05, 0.1) is 5.41 Å². The van der Waals surface area contributed by atoms with E-state index >= 15 is 0 Å². The van der Waals surface area contributed by atoms with Crippen LogP contribution in [0.3, 0.4) is 0 Å². The molecule has 1 aromatic heterocycles. The first-order valence-electron chi connectivity index (χ1n) is 6.68. The van der Waals surface area contributed by atoms with Crippen LogP contribution >= 0.6 is 11.3 Å². The lowest BCUT2D eigenvalue weighted by atomic mass is 9.84. The maximum absolute atomic E-state index is 12.5. The largest absolute Gasteiger partial charge is 0.374 e. The molecule has 1 atom stereocenters. The van der Waals surface area contributed by atoms with E-state index in [2.05, 4.69) is 15.5 Å². The van der Waals surface area contributed by atoms with Gasteiger partial charge in [-0.05, 0) is 26.3 Å². The molecule has 0 spiro atoms. The van der Waals surface area contributed by atoms with Crippen LogP contribution in [0.1, 0.15) is 37.4 Å². The van der Waals surface area contributed by atoms with Gasteiger partial charge in [-0.2, -0.15) is 0 Å². The fourth-order valence-corrected chi connectivity index (χ4v) is 2.56. The molecule has 0 aliphatic rings. The molecule has 0 fully saturated rings. The third kappa shape index (κ3) is 3.46. The van der Waals surface area contributed by atoms with Gasteiger partial charge in [0.1, 0.15) is 11.1 Å². The minimum atomic E-state index is -0.639. The van der Waals surface area contributed by atoms with Crippen LogP contribution in [-0.2, 0) is 14.9 Å². The number of carbonyl (C=O) groups is 1. The Morgan fingerprint density at radius 3 is 2.57 bits per heavy atom. The van der Waals surface area contributed by atoms with E-state index < -0.39 is 5.41 Å². The molecule has 2 rings (SSSR count). The molecular formula is C15H19N3O2S. The topological polar surface area (TPSA) is 64.1 Å². The van der Waals surface area contributed by atoms with Crippen molar-refractivity contribution in [2.45, 2.75) is 32.3 Å². The summed E-state index contributed by atoms with van der Waals surface area (Å²) in [5.74, 6) is -0.110. The Morgan fingerprint density at radius 1 is 1.29 bits per heavy atom. The summed E-state index contributed by atoms with van der Waals surface area (Å²) in [4.78, 5) is 12.5. The number of nitrogens with one attached hydrogen (secondary N) is 1. The van der Waals surface area contributed by atoms with Gasteiger partial charge >= 0.3 is 0 Å². The van der Waals surface area contributed by atoms with Gasteiger partial charge in [-0.25, -0.2) is 0 Å². The van der Waals surface area contributed by atoms with Crippen molar-refractivity contribution in [3.8, 4) is 0 Å². The van der Waals surface area contributed by atoms with Gasteiger partial charge in [0.2, 0.25) is 11.0 Å². The van der Waals surface area contributed by atoms with Gasteiger partial charge in [0, 0.05) is 7.11 Å². The van der Waals surface area contributed by atoms with E-state index in [1.165, 1.54) is 11.3 Å². The van der Waals surface area contributed by atoms with E-state index in [1.807, 2.05) is 51.1 Å². The van der Waals surface area contributed by atoms with Crippen LogP contribution in [0, 0.1) is 0 Å². The molecule has 6 heteroatoms. The summed E-state index contributed by atoms with van der Waals surface area (Å²) >= 11 is 1.33. The number of aromatic nitrogens is 2. The zero-order chi connectivity index (χ0) is 15.5. The van der Waals surface area contributed by atoms with Gasteiger partial charge in [-0.15, -0.1) is 10.2 Å². The van der Waals surface area contributed by atoms with Gasteiger partial charge in [-0.1, -0.05) is 41.7 Å². The number of methoxy groups -OCH3 is 1. The van der Waals surface area contributed by atoms with Crippen molar-refractivity contribution in [2.24, 2.45) is 0 Å². The zero-order valence-electron chi connectivity index (χ0n) is 12.6. The molecule has 1 N–H and O–H groups in total. The van der Waals surface area contributed by atoms with Crippen LogP contribution in [0.5, 0.6) is 0 Å². The smallest absolute Gasteiger partial charge is 0.236 e. The second-order valence-corrected chi connectivity index (χ2v) is 6.28. The van der Waals surface area contributed by atoms with Crippen LogP contribution < -0.4 is 5.32 Å². The number of ether oxygens (including phenoxy) is 1. The van der Waals surface area contributed by atoms with Crippen LogP contribution in [0.25, 0.3) is 0 Å². The average Bonchev–Trinajstić information content (AvgIpc) is 2.95. The highest BCUT2D eigenvalue weighted by Gasteiger charge is 2.30. The lowest BCUT2D eigenvalue weighted by Gasteiger charge is -2.23. The summed E-state index contributed by atoms with van der Waals surface area (Å²) in [7, 11) is 1.61. The van der Waals surface area contributed by atoms with Crippen molar-refractivity contribution < 1.29 is 9.53 Å². The predicted molar refractivity (Wildman–Crippen MR) is 83.4 cm³/mol. The van der Waals surface area contributed by atoms with E-state index in [0.29, 0.717) is 5.13 Å². The highest BCUT2D eigenvalue weighted by Crippen LogP contribution is 2.27. The molecule has 112 valence electrons. The van der Waals surface area contributed by atoms with Gasteiger partial charge in [-0.3, -0.25) is 10.1 Å². The summed E-state index contributed by atoms with van der Waals surface area (Å²) in [6.07, 6.45) is -0.129. The van der Waals surface area contributed by atoms with E-state index in [-0.39, 0.29) is 12.0 Å².